The van der Waals surface area contributed by atoms with E-state index in [-0.39, 0.29) is 11.4 Å². The molecule has 0 saturated carbocycles. The fourth-order valence-corrected chi connectivity index (χ4v) is 2.70. The number of rotatable bonds is 7. The second-order valence-electron chi connectivity index (χ2n) is 7.35. The number of nitrogens with one attached hydrogen (secondary N) is 1. The zero-order valence-electron chi connectivity index (χ0n) is 15.8. The minimum Gasteiger partial charge on any atom is -0.466 e. The largest absolute Gasteiger partial charge is 0.466 e. The second kappa shape index (κ2) is 8.82. The zero-order chi connectivity index (χ0) is 18.3. The highest BCUT2D eigenvalue weighted by atomic mass is 16.5. The van der Waals surface area contributed by atoms with Gasteiger partial charge >= 0.3 is 5.97 Å². The predicted octanol–water partition coefficient (Wildman–Crippen LogP) is 4.38. The molecular formula is C22H29NO2. The smallest absolute Gasteiger partial charge is 0.310 e. The van der Waals surface area contributed by atoms with Crippen LogP contribution < -0.4 is 5.32 Å². The van der Waals surface area contributed by atoms with Gasteiger partial charge in [0.2, 0.25) is 0 Å². The maximum absolute atomic E-state index is 11.6. The molecule has 0 aliphatic rings. The first-order valence-corrected chi connectivity index (χ1v) is 8.92. The monoisotopic (exact) mass is 339 g/mol. The van der Waals surface area contributed by atoms with E-state index in [4.69, 9.17) is 4.74 Å². The van der Waals surface area contributed by atoms with E-state index >= 15 is 0 Å². The lowest BCUT2D eigenvalue weighted by Gasteiger charge is -2.19. The van der Waals surface area contributed by atoms with E-state index in [1.807, 2.05) is 19.1 Å². The fraction of sp³-hybridized carbons (Fsp3) is 0.409. The molecule has 134 valence electrons. The molecule has 0 saturated heterocycles. The summed E-state index contributed by atoms with van der Waals surface area (Å²) in [5.41, 5.74) is 4.98. The lowest BCUT2D eigenvalue weighted by atomic mass is 9.87. The van der Waals surface area contributed by atoms with Crippen molar-refractivity contribution in [3.8, 4) is 0 Å². The molecular weight excluding hydrogens is 310 g/mol. The highest BCUT2D eigenvalue weighted by Gasteiger charge is 2.12. The Morgan fingerprint density at radius 1 is 0.960 bits per heavy atom. The van der Waals surface area contributed by atoms with Crippen LogP contribution in [0.5, 0.6) is 0 Å². The quantitative estimate of drug-likeness (QED) is 0.761. The Balaban J connectivity index is 1.86. The van der Waals surface area contributed by atoms with Gasteiger partial charge in [-0.15, -0.1) is 0 Å². The van der Waals surface area contributed by atoms with E-state index in [0.29, 0.717) is 13.0 Å². The molecule has 0 bridgehead atoms. The second-order valence-corrected chi connectivity index (χ2v) is 7.35. The summed E-state index contributed by atoms with van der Waals surface area (Å²) in [6, 6.07) is 16.9. The van der Waals surface area contributed by atoms with Gasteiger partial charge in [0.25, 0.3) is 0 Å². The molecule has 3 heteroatoms. The molecule has 0 heterocycles. The van der Waals surface area contributed by atoms with Crippen LogP contribution in [0.15, 0.2) is 48.5 Å². The van der Waals surface area contributed by atoms with E-state index in [1.54, 1.807) is 0 Å². The maximum Gasteiger partial charge on any atom is 0.310 e. The number of hydrogen-bond acceptors (Lipinski definition) is 3. The Hall–Kier alpha value is -2.13. The van der Waals surface area contributed by atoms with Crippen molar-refractivity contribution < 1.29 is 9.53 Å². The average molecular weight is 339 g/mol. The van der Waals surface area contributed by atoms with Gasteiger partial charge in [0.05, 0.1) is 13.0 Å². The number of esters is 1. The third kappa shape index (κ3) is 6.35. The number of benzene rings is 2. The lowest BCUT2D eigenvalue weighted by Crippen LogP contribution is -2.14. The van der Waals surface area contributed by atoms with Crippen LogP contribution in [-0.2, 0) is 34.5 Å². The normalized spacial score (nSPS) is 11.4. The van der Waals surface area contributed by atoms with E-state index < -0.39 is 0 Å². The van der Waals surface area contributed by atoms with E-state index in [2.05, 4.69) is 62.5 Å². The number of ether oxygens (including phenoxy) is 1. The third-order valence-corrected chi connectivity index (χ3v) is 4.12. The molecule has 25 heavy (non-hydrogen) atoms. The fourth-order valence-electron chi connectivity index (χ4n) is 2.70. The summed E-state index contributed by atoms with van der Waals surface area (Å²) >= 11 is 0. The molecule has 0 radical (unpaired) electrons. The molecule has 0 fully saturated rings. The third-order valence-electron chi connectivity index (χ3n) is 4.12. The molecule has 0 amide bonds. The molecule has 2 aromatic rings. The van der Waals surface area contributed by atoms with E-state index in [0.717, 1.165) is 18.7 Å². The van der Waals surface area contributed by atoms with Gasteiger partial charge in [0.1, 0.15) is 0 Å². The topological polar surface area (TPSA) is 38.3 Å². The SMILES string of the molecule is CCOC(=O)Cc1cccc(CNCc2ccc(C(C)(C)C)cc2)c1. The summed E-state index contributed by atoms with van der Waals surface area (Å²) in [4.78, 5) is 11.6. The summed E-state index contributed by atoms with van der Waals surface area (Å²) in [6.45, 7) is 10.5. The molecule has 3 nitrogen and oxygen atoms in total. The molecule has 0 aliphatic carbocycles. The molecule has 0 aromatic heterocycles. The van der Waals surface area contributed by atoms with Crippen LogP contribution in [0, 0.1) is 0 Å². The van der Waals surface area contributed by atoms with Crippen molar-refractivity contribution in [3.05, 3.63) is 70.8 Å². The van der Waals surface area contributed by atoms with Gasteiger partial charge in [-0.2, -0.15) is 0 Å². The van der Waals surface area contributed by atoms with Gasteiger partial charge in [-0.05, 0) is 34.6 Å². The summed E-state index contributed by atoms with van der Waals surface area (Å²) < 4.78 is 5.00. The van der Waals surface area contributed by atoms with Crippen LogP contribution in [0.2, 0.25) is 0 Å². The molecule has 0 spiro atoms. The van der Waals surface area contributed by atoms with E-state index in [9.17, 15) is 4.79 Å². The van der Waals surface area contributed by atoms with Crippen molar-refractivity contribution >= 4 is 5.97 Å². The molecule has 0 aliphatic heterocycles. The van der Waals surface area contributed by atoms with Crippen LogP contribution in [0.3, 0.4) is 0 Å². The summed E-state index contributed by atoms with van der Waals surface area (Å²) in [6.07, 6.45) is 0.329. The first kappa shape index (κ1) is 19.2. The Morgan fingerprint density at radius 3 is 2.24 bits per heavy atom. The molecule has 2 aromatic carbocycles. The minimum atomic E-state index is -0.174. The van der Waals surface area contributed by atoms with Gasteiger partial charge in [0, 0.05) is 13.1 Å². The van der Waals surface area contributed by atoms with Gasteiger partial charge in [-0.3, -0.25) is 4.79 Å². The first-order chi connectivity index (χ1) is 11.9. The van der Waals surface area contributed by atoms with Crippen molar-refractivity contribution in [2.75, 3.05) is 6.61 Å². The Kier molecular flexibility index (Phi) is 6.77. The summed E-state index contributed by atoms with van der Waals surface area (Å²) in [5, 5.41) is 3.47. The van der Waals surface area contributed by atoms with Crippen LogP contribution in [0.25, 0.3) is 0 Å². The molecule has 1 N–H and O–H groups in total. The Morgan fingerprint density at radius 2 is 1.60 bits per heavy atom. The summed E-state index contributed by atoms with van der Waals surface area (Å²) in [7, 11) is 0. The molecule has 0 atom stereocenters. The highest BCUT2D eigenvalue weighted by Crippen LogP contribution is 2.22. The van der Waals surface area contributed by atoms with Crippen molar-refractivity contribution in [2.45, 2.75) is 52.6 Å². The number of hydrogen-bond donors (Lipinski definition) is 1. The lowest BCUT2D eigenvalue weighted by molar-refractivity contribution is -0.142. The van der Waals surface area contributed by atoms with Gasteiger partial charge in [0.15, 0.2) is 0 Å². The van der Waals surface area contributed by atoms with Crippen LogP contribution >= 0.6 is 0 Å². The van der Waals surface area contributed by atoms with Crippen molar-refractivity contribution in [1.82, 2.24) is 5.32 Å². The first-order valence-electron chi connectivity index (χ1n) is 8.92. The van der Waals surface area contributed by atoms with Gasteiger partial charge in [-0.1, -0.05) is 69.3 Å². The minimum absolute atomic E-state index is 0.174. The van der Waals surface area contributed by atoms with Crippen molar-refractivity contribution in [2.24, 2.45) is 0 Å². The van der Waals surface area contributed by atoms with Crippen molar-refractivity contribution in [1.29, 1.82) is 0 Å². The number of carbonyl (C=O) groups is 1. The predicted molar refractivity (Wildman–Crippen MR) is 102 cm³/mol. The van der Waals surface area contributed by atoms with Crippen LogP contribution in [0.4, 0.5) is 0 Å². The van der Waals surface area contributed by atoms with Crippen LogP contribution in [-0.4, -0.2) is 12.6 Å². The standard InChI is InChI=1S/C22H29NO2/c1-5-25-21(24)14-18-7-6-8-19(13-18)16-23-15-17-9-11-20(12-10-17)22(2,3)4/h6-13,23H,5,14-16H2,1-4H3. The maximum atomic E-state index is 11.6. The highest BCUT2D eigenvalue weighted by molar-refractivity contribution is 5.72. The zero-order valence-corrected chi connectivity index (χ0v) is 15.8. The Bertz CT molecular complexity index is 684. The van der Waals surface area contributed by atoms with Gasteiger partial charge < -0.3 is 10.1 Å². The average Bonchev–Trinajstić information content (AvgIpc) is 2.55. The van der Waals surface area contributed by atoms with Crippen molar-refractivity contribution in [3.63, 3.8) is 0 Å². The van der Waals surface area contributed by atoms with Gasteiger partial charge in [-0.25, -0.2) is 0 Å². The number of carbonyl (C=O) groups excluding carboxylic acids is 1. The molecule has 2 rings (SSSR count). The van der Waals surface area contributed by atoms with Crippen LogP contribution in [0.1, 0.15) is 49.9 Å². The van der Waals surface area contributed by atoms with E-state index in [1.165, 1.54) is 16.7 Å². The Labute approximate surface area is 151 Å². The molecule has 0 unspecified atom stereocenters. The summed E-state index contributed by atoms with van der Waals surface area (Å²) in [5.74, 6) is -0.174.